The average molecular weight is 392 g/mol. The maximum Gasteiger partial charge on any atom is 0.243 e. The zero-order valence-electron chi connectivity index (χ0n) is 15.6. The number of nitrogens with zero attached hydrogens (tertiary/aromatic N) is 1. The molecule has 0 saturated heterocycles. The molecule has 0 aromatic heterocycles. The molecule has 0 bridgehead atoms. The van der Waals surface area contributed by atoms with Crippen LogP contribution in [0.3, 0.4) is 0 Å². The molecular formula is C19H24N2O5S. The first kappa shape index (κ1) is 20.7. The Morgan fingerprint density at radius 2 is 1.78 bits per heavy atom. The Bertz CT molecular complexity index is 866. The molecule has 0 atom stereocenters. The molecule has 146 valence electrons. The van der Waals surface area contributed by atoms with Gasteiger partial charge < -0.3 is 14.8 Å². The lowest BCUT2D eigenvalue weighted by atomic mass is 10.2. The largest absolute Gasteiger partial charge is 0.496 e. The minimum absolute atomic E-state index is 0.103. The molecule has 2 rings (SSSR count). The van der Waals surface area contributed by atoms with Gasteiger partial charge in [0, 0.05) is 19.2 Å². The molecule has 0 saturated carbocycles. The summed E-state index contributed by atoms with van der Waals surface area (Å²) in [6, 6.07) is 13.4. The molecule has 0 aliphatic heterocycles. The van der Waals surface area contributed by atoms with Gasteiger partial charge in [-0.05, 0) is 37.3 Å². The van der Waals surface area contributed by atoms with Crippen LogP contribution in [0.1, 0.15) is 12.5 Å². The van der Waals surface area contributed by atoms with Crippen LogP contribution in [0.5, 0.6) is 11.5 Å². The van der Waals surface area contributed by atoms with Crippen molar-refractivity contribution in [1.82, 2.24) is 9.62 Å². The number of carbonyl (C=O) groups is 1. The van der Waals surface area contributed by atoms with Crippen molar-refractivity contribution in [2.45, 2.75) is 18.4 Å². The molecule has 0 unspecified atom stereocenters. The van der Waals surface area contributed by atoms with E-state index >= 15 is 0 Å². The fourth-order valence-corrected chi connectivity index (χ4v) is 3.57. The Morgan fingerprint density at radius 1 is 1.11 bits per heavy atom. The molecule has 2 aromatic carbocycles. The standard InChI is InChI=1S/C19H24N2O5S/c1-4-26-16-9-11-17(12-10-16)27(23,24)21(2)14-19(22)20-13-15-7-5-6-8-18(15)25-3/h5-12H,4,13-14H2,1-3H3,(H,20,22). The predicted octanol–water partition coefficient (Wildman–Crippen LogP) is 2.03. The van der Waals surface area contributed by atoms with Crippen molar-refractivity contribution < 1.29 is 22.7 Å². The summed E-state index contributed by atoms with van der Waals surface area (Å²) >= 11 is 0. The number of likely N-dealkylation sites (N-methyl/N-ethyl adjacent to an activating group) is 1. The lowest BCUT2D eigenvalue weighted by Gasteiger charge is -2.17. The summed E-state index contributed by atoms with van der Waals surface area (Å²) in [5.41, 5.74) is 0.811. The molecule has 27 heavy (non-hydrogen) atoms. The van der Waals surface area contributed by atoms with E-state index in [2.05, 4.69) is 5.32 Å². The predicted molar refractivity (Wildman–Crippen MR) is 102 cm³/mol. The molecule has 2 aromatic rings. The van der Waals surface area contributed by atoms with Gasteiger partial charge in [0.05, 0.1) is 25.2 Å². The van der Waals surface area contributed by atoms with Gasteiger partial charge in [0.25, 0.3) is 0 Å². The van der Waals surface area contributed by atoms with Crippen LogP contribution in [0.15, 0.2) is 53.4 Å². The van der Waals surface area contributed by atoms with Crippen molar-refractivity contribution in [2.24, 2.45) is 0 Å². The van der Waals surface area contributed by atoms with Gasteiger partial charge in [-0.3, -0.25) is 4.79 Å². The van der Waals surface area contributed by atoms with Gasteiger partial charge in [-0.15, -0.1) is 0 Å². The van der Waals surface area contributed by atoms with Gasteiger partial charge in [-0.25, -0.2) is 8.42 Å². The van der Waals surface area contributed by atoms with E-state index < -0.39 is 15.9 Å². The minimum Gasteiger partial charge on any atom is -0.496 e. The Kier molecular flexibility index (Phi) is 7.20. The number of methoxy groups -OCH3 is 1. The van der Waals surface area contributed by atoms with E-state index in [1.807, 2.05) is 25.1 Å². The second kappa shape index (κ2) is 9.38. The summed E-state index contributed by atoms with van der Waals surface area (Å²) in [5, 5.41) is 2.71. The molecule has 0 spiro atoms. The van der Waals surface area contributed by atoms with Gasteiger partial charge in [0.15, 0.2) is 0 Å². The van der Waals surface area contributed by atoms with Crippen LogP contribution >= 0.6 is 0 Å². The number of ether oxygens (including phenoxy) is 2. The quantitative estimate of drug-likeness (QED) is 0.706. The lowest BCUT2D eigenvalue weighted by molar-refractivity contribution is -0.121. The monoisotopic (exact) mass is 392 g/mol. The molecule has 0 fully saturated rings. The first-order valence-electron chi connectivity index (χ1n) is 8.46. The van der Waals surface area contributed by atoms with Crippen molar-refractivity contribution in [2.75, 3.05) is 27.3 Å². The third-order valence-corrected chi connectivity index (χ3v) is 5.70. The van der Waals surface area contributed by atoms with Crippen molar-refractivity contribution in [1.29, 1.82) is 0 Å². The van der Waals surface area contributed by atoms with E-state index in [0.717, 1.165) is 9.87 Å². The topological polar surface area (TPSA) is 84.9 Å². The summed E-state index contributed by atoms with van der Waals surface area (Å²) < 4.78 is 36.7. The van der Waals surface area contributed by atoms with Crippen LogP contribution < -0.4 is 14.8 Å². The second-order valence-electron chi connectivity index (χ2n) is 5.75. The fourth-order valence-electron chi connectivity index (χ4n) is 2.44. The number of benzene rings is 2. The first-order valence-corrected chi connectivity index (χ1v) is 9.90. The van der Waals surface area contributed by atoms with Gasteiger partial charge >= 0.3 is 0 Å². The van der Waals surface area contributed by atoms with Crippen molar-refractivity contribution in [3.63, 3.8) is 0 Å². The Balaban J connectivity index is 1.98. The Labute approximate surface area is 160 Å². The highest BCUT2D eigenvalue weighted by molar-refractivity contribution is 7.89. The third-order valence-electron chi connectivity index (χ3n) is 3.88. The number of hydrogen-bond donors (Lipinski definition) is 1. The molecule has 7 nitrogen and oxygen atoms in total. The van der Waals surface area contributed by atoms with E-state index in [4.69, 9.17) is 9.47 Å². The number of hydrogen-bond acceptors (Lipinski definition) is 5. The van der Waals surface area contributed by atoms with Crippen molar-refractivity contribution >= 4 is 15.9 Å². The van der Waals surface area contributed by atoms with E-state index in [-0.39, 0.29) is 18.0 Å². The molecule has 0 aliphatic carbocycles. The summed E-state index contributed by atoms with van der Waals surface area (Å²) in [4.78, 5) is 12.3. The highest BCUT2D eigenvalue weighted by atomic mass is 32.2. The molecule has 1 amide bonds. The maximum atomic E-state index is 12.6. The highest BCUT2D eigenvalue weighted by Gasteiger charge is 2.23. The smallest absolute Gasteiger partial charge is 0.243 e. The van der Waals surface area contributed by atoms with Gasteiger partial charge in [0.2, 0.25) is 15.9 Å². The van der Waals surface area contributed by atoms with Crippen LogP contribution in [-0.4, -0.2) is 45.9 Å². The summed E-state index contributed by atoms with van der Waals surface area (Å²) in [6.07, 6.45) is 0. The number of carbonyl (C=O) groups excluding carboxylic acids is 1. The number of para-hydroxylation sites is 1. The van der Waals surface area contributed by atoms with E-state index in [1.54, 1.807) is 25.3 Å². The molecular weight excluding hydrogens is 368 g/mol. The molecule has 1 N–H and O–H groups in total. The van der Waals surface area contributed by atoms with Gasteiger partial charge in [-0.1, -0.05) is 18.2 Å². The van der Waals surface area contributed by atoms with Gasteiger partial charge in [-0.2, -0.15) is 4.31 Å². The Morgan fingerprint density at radius 3 is 2.41 bits per heavy atom. The van der Waals surface area contributed by atoms with Crippen LogP contribution in [0.4, 0.5) is 0 Å². The summed E-state index contributed by atoms with van der Waals surface area (Å²) in [7, 11) is -0.846. The van der Waals surface area contributed by atoms with Crippen LogP contribution in [0.25, 0.3) is 0 Å². The highest BCUT2D eigenvalue weighted by Crippen LogP contribution is 2.19. The zero-order valence-corrected chi connectivity index (χ0v) is 16.5. The third kappa shape index (κ3) is 5.45. The summed E-state index contributed by atoms with van der Waals surface area (Å²) in [5.74, 6) is 0.847. The average Bonchev–Trinajstić information content (AvgIpc) is 2.67. The number of sulfonamides is 1. The lowest BCUT2D eigenvalue weighted by Crippen LogP contribution is -2.38. The number of nitrogens with one attached hydrogen (secondary N) is 1. The molecule has 8 heteroatoms. The van der Waals surface area contributed by atoms with E-state index in [9.17, 15) is 13.2 Å². The van der Waals surface area contributed by atoms with E-state index in [1.165, 1.54) is 19.2 Å². The molecule has 0 heterocycles. The SMILES string of the molecule is CCOc1ccc(S(=O)(=O)N(C)CC(=O)NCc2ccccc2OC)cc1. The van der Waals surface area contributed by atoms with Gasteiger partial charge in [0.1, 0.15) is 11.5 Å². The zero-order chi connectivity index (χ0) is 19.9. The van der Waals surface area contributed by atoms with Crippen LogP contribution in [-0.2, 0) is 21.4 Å². The summed E-state index contributed by atoms with van der Waals surface area (Å²) in [6.45, 7) is 2.31. The maximum absolute atomic E-state index is 12.6. The Hall–Kier alpha value is -2.58. The van der Waals surface area contributed by atoms with Crippen LogP contribution in [0.2, 0.25) is 0 Å². The fraction of sp³-hybridized carbons (Fsp3) is 0.316. The van der Waals surface area contributed by atoms with Crippen LogP contribution in [0, 0.1) is 0 Å². The number of amides is 1. The molecule has 0 radical (unpaired) electrons. The number of rotatable bonds is 9. The van der Waals surface area contributed by atoms with E-state index in [0.29, 0.717) is 18.1 Å². The molecule has 0 aliphatic rings. The first-order chi connectivity index (χ1) is 12.9. The van der Waals surface area contributed by atoms with Crippen molar-refractivity contribution in [3.05, 3.63) is 54.1 Å². The second-order valence-corrected chi connectivity index (χ2v) is 7.80. The van der Waals surface area contributed by atoms with Crippen molar-refractivity contribution in [3.8, 4) is 11.5 Å². The normalized spacial score (nSPS) is 11.3. The minimum atomic E-state index is -3.77.